The minimum absolute atomic E-state index is 0.00453. The van der Waals surface area contributed by atoms with Crippen LogP contribution < -0.4 is 5.73 Å². The van der Waals surface area contributed by atoms with Gasteiger partial charge in [0.2, 0.25) is 0 Å². The number of nitrogens with zero attached hydrogens (tertiary/aromatic N) is 1. The van der Waals surface area contributed by atoms with Crippen molar-refractivity contribution in [3.8, 4) is 0 Å². The molecular formula is C13H16N2O4S2. The molecule has 1 aromatic heterocycles. The van der Waals surface area contributed by atoms with Crippen molar-refractivity contribution in [1.29, 1.82) is 0 Å². The van der Waals surface area contributed by atoms with Crippen LogP contribution in [-0.2, 0) is 18.5 Å². The van der Waals surface area contributed by atoms with E-state index in [0.29, 0.717) is 4.34 Å². The van der Waals surface area contributed by atoms with Gasteiger partial charge in [-0.2, -0.15) is 0 Å². The maximum Gasteiger partial charge on any atom is 0.318 e. The van der Waals surface area contributed by atoms with Crippen LogP contribution in [0.2, 0.25) is 0 Å². The summed E-state index contributed by atoms with van der Waals surface area (Å²) in [6.07, 6.45) is 0.0281. The van der Waals surface area contributed by atoms with E-state index in [4.69, 9.17) is 4.18 Å². The number of ether oxygens (including phenoxy) is 1. The zero-order valence-corrected chi connectivity index (χ0v) is 13.3. The molecule has 0 spiro atoms. The Hall–Kier alpha value is -1.64. The molecule has 0 aliphatic carbocycles. The summed E-state index contributed by atoms with van der Waals surface area (Å²) in [5.74, 6) is -0.892. The molecule has 1 heterocycles. The smallest absolute Gasteiger partial charge is 0.318 e. The van der Waals surface area contributed by atoms with Crippen molar-refractivity contribution in [3.05, 3.63) is 24.3 Å². The predicted octanol–water partition coefficient (Wildman–Crippen LogP) is 2.37. The van der Waals surface area contributed by atoms with E-state index in [0.717, 1.165) is 22.3 Å². The molecule has 0 aliphatic rings. The number of methoxy groups -OCH3 is 1. The van der Waals surface area contributed by atoms with Gasteiger partial charge >= 0.3 is 11.9 Å². The number of hydrogen-bond donors (Lipinski definition) is 1. The lowest BCUT2D eigenvalue weighted by molar-refractivity contribution is -0.144. The first-order chi connectivity index (χ1) is 10.2. The number of esters is 1. The molecule has 114 valence electrons. The highest BCUT2D eigenvalue weighted by atomic mass is 32.2. The van der Waals surface area contributed by atoms with Crippen LogP contribution in [-0.4, -0.2) is 31.1 Å². The van der Waals surface area contributed by atoms with E-state index in [2.05, 4.69) is 15.5 Å². The molecule has 6 nitrogen and oxygen atoms in total. The van der Waals surface area contributed by atoms with Gasteiger partial charge in [-0.25, -0.2) is 4.98 Å². The van der Waals surface area contributed by atoms with E-state index in [1.165, 1.54) is 25.5 Å². The number of rotatable bonds is 5. The second kappa shape index (κ2) is 9.32. The molecule has 0 bridgehead atoms. The van der Waals surface area contributed by atoms with Gasteiger partial charge < -0.3 is 14.7 Å². The number of thiazole rings is 1. The molecule has 0 saturated carbocycles. The molecule has 0 aliphatic heterocycles. The first-order valence-corrected chi connectivity index (χ1v) is 7.62. The molecule has 0 saturated heterocycles. The summed E-state index contributed by atoms with van der Waals surface area (Å²) in [6, 6.07) is 7.68. The Balaban J connectivity index is 0.00000106. The van der Waals surface area contributed by atoms with Crippen LogP contribution in [0.4, 0.5) is 0 Å². The molecule has 21 heavy (non-hydrogen) atoms. The number of carbonyl (C=O) groups is 2. The number of hydrogen-bond acceptors (Lipinski definition) is 8. The molecule has 0 fully saturated rings. The van der Waals surface area contributed by atoms with E-state index in [9.17, 15) is 9.59 Å². The Labute approximate surface area is 130 Å². The standard InChI is InChI=1S/C12H11NO4S2.CH5N/c1-16-10(14)6-7-11(15)17-19-12-13-8-4-2-3-5-9(8)18-12;1-2/h2-5H,6-7H2,1H3;2H2,1H3. The van der Waals surface area contributed by atoms with E-state index in [1.54, 1.807) is 0 Å². The average molecular weight is 328 g/mol. The summed E-state index contributed by atoms with van der Waals surface area (Å²) in [6.45, 7) is 0. The number of fused-ring (bicyclic) bond motifs is 1. The summed E-state index contributed by atoms with van der Waals surface area (Å²) in [5, 5.41) is 0. The third-order valence-corrected chi connectivity index (χ3v) is 4.03. The third-order valence-electron chi connectivity index (χ3n) is 2.24. The lowest BCUT2D eigenvalue weighted by Crippen LogP contribution is -2.05. The minimum Gasteiger partial charge on any atom is -0.469 e. The van der Waals surface area contributed by atoms with Gasteiger partial charge in [0.05, 0.1) is 30.2 Å². The molecule has 1 aromatic carbocycles. The predicted molar refractivity (Wildman–Crippen MR) is 82.9 cm³/mol. The third kappa shape index (κ3) is 5.70. The largest absolute Gasteiger partial charge is 0.469 e. The lowest BCUT2D eigenvalue weighted by atomic mass is 10.3. The van der Waals surface area contributed by atoms with E-state index < -0.39 is 11.9 Å². The van der Waals surface area contributed by atoms with Crippen molar-refractivity contribution >= 4 is 45.5 Å². The van der Waals surface area contributed by atoms with Crippen molar-refractivity contribution in [2.75, 3.05) is 14.2 Å². The second-order valence-electron chi connectivity index (χ2n) is 3.56. The minimum atomic E-state index is -0.463. The summed E-state index contributed by atoms with van der Waals surface area (Å²) < 4.78 is 11.1. The summed E-state index contributed by atoms with van der Waals surface area (Å²) in [7, 11) is 2.78. The van der Waals surface area contributed by atoms with Gasteiger partial charge in [-0.3, -0.25) is 9.59 Å². The van der Waals surface area contributed by atoms with Gasteiger partial charge in [-0.1, -0.05) is 12.1 Å². The van der Waals surface area contributed by atoms with Crippen LogP contribution in [0.3, 0.4) is 0 Å². The molecule has 0 unspecified atom stereocenters. The molecule has 0 amide bonds. The van der Waals surface area contributed by atoms with E-state index >= 15 is 0 Å². The van der Waals surface area contributed by atoms with Crippen molar-refractivity contribution in [2.45, 2.75) is 17.2 Å². The lowest BCUT2D eigenvalue weighted by Gasteiger charge is -1.99. The molecule has 0 radical (unpaired) electrons. The van der Waals surface area contributed by atoms with E-state index in [-0.39, 0.29) is 12.8 Å². The Morgan fingerprint density at radius 1 is 1.24 bits per heavy atom. The van der Waals surface area contributed by atoms with Gasteiger partial charge in [0, 0.05) is 0 Å². The Morgan fingerprint density at radius 3 is 2.57 bits per heavy atom. The first kappa shape index (κ1) is 17.4. The summed E-state index contributed by atoms with van der Waals surface area (Å²) >= 11 is 2.37. The number of nitrogens with two attached hydrogens (primary N) is 1. The van der Waals surface area contributed by atoms with E-state index in [1.807, 2.05) is 24.3 Å². The van der Waals surface area contributed by atoms with Crippen LogP contribution in [0.15, 0.2) is 28.6 Å². The normalized spacial score (nSPS) is 9.67. The van der Waals surface area contributed by atoms with Gasteiger partial charge in [0.15, 0.2) is 4.34 Å². The summed E-state index contributed by atoms with van der Waals surface area (Å²) in [4.78, 5) is 26.5. The van der Waals surface area contributed by atoms with Crippen molar-refractivity contribution < 1.29 is 18.5 Å². The topological polar surface area (TPSA) is 91.5 Å². The SMILES string of the molecule is CN.COC(=O)CCC(=O)OSc1nc2ccccc2s1. The van der Waals surface area contributed by atoms with Crippen molar-refractivity contribution in [3.63, 3.8) is 0 Å². The zero-order chi connectivity index (χ0) is 15.7. The molecule has 2 aromatic rings. The molecule has 2 N–H and O–H groups in total. The quantitative estimate of drug-likeness (QED) is 0.665. The average Bonchev–Trinajstić information content (AvgIpc) is 2.95. The van der Waals surface area contributed by atoms with Crippen LogP contribution in [0.25, 0.3) is 10.2 Å². The molecular weight excluding hydrogens is 312 g/mol. The highest BCUT2D eigenvalue weighted by Gasteiger charge is 2.11. The highest BCUT2D eigenvalue weighted by Crippen LogP contribution is 2.30. The van der Waals surface area contributed by atoms with Crippen LogP contribution in [0.1, 0.15) is 12.8 Å². The fourth-order valence-electron chi connectivity index (χ4n) is 1.32. The van der Waals surface area contributed by atoms with Gasteiger partial charge in [-0.15, -0.1) is 11.3 Å². The Kier molecular flexibility index (Phi) is 7.73. The Bertz CT molecular complexity index is 568. The monoisotopic (exact) mass is 328 g/mol. The van der Waals surface area contributed by atoms with Gasteiger partial charge in [0.1, 0.15) is 12.0 Å². The zero-order valence-electron chi connectivity index (χ0n) is 11.7. The highest BCUT2D eigenvalue weighted by molar-refractivity contribution is 7.97. The fraction of sp³-hybridized carbons (Fsp3) is 0.308. The number of carbonyl (C=O) groups excluding carboxylic acids is 2. The molecule has 2 rings (SSSR count). The second-order valence-corrected chi connectivity index (χ2v) is 5.57. The summed E-state index contributed by atoms with van der Waals surface area (Å²) in [5.41, 5.74) is 5.38. The van der Waals surface area contributed by atoms with Crippen molar-refractivity contribution in [2.24, 2.45) is 5.73 Å². The van der Waals surface area contributed by atoms with Crippen molar-refractivity contribution in [1.82, 2.24) is 4.98 Å². The maximum atomic E-state index is 11.4. The van der Waals surface area contributed by atoms with Gasteiger partial charge in [0.25, 0.3) is 0 Å². The van der Waals surface area contributed by atoms with Crippen LogP contribution >= 0.6 is 23.4 Å². The number of aromatic nitrogens is 1. The fourth-order valence-corrected chi connectivity index (χ4v) is 2.90. The Morgan fingerprint density at radius 2 is 1.90 bits per heavy atom. The first-order valence-electron chi connectivity index (χ1n) is 6.06. The van der Waals surface area contributed by atoms with Gasteiger partial charge in [-0.05, 0) is 19.2 Å². The molecule has 0 atom stereocenters. The van der Waals surface area contributed by atoms with Crippen LogP contribution in [0, 0.1) is 0 Å². The maximum absolute atomic E-state index is 11.4. The molecule has 8 heteroatoms. The number of benzene rings is 1. The van der Waals surface area contributed by atoms with Crippen LogP contribution in [0.5, 0.6) is 0 Å². The number of para-hydroxylation sites is 1.